The monoisotopic (exact) mass is 444 g/mol. The molecule has 0 atom stereocenters. The zero-order chi connectivity index (χ0) is 22.9. The van der Waals surface area contributed by atoms with Gasteiger partial charge < -0.3 is 14.4 Å². The number of nitrogens with zero attached hydrogens (tertiary/aromatic N) is 2. The fraction of sp³-hybridized carbons (Fsp3) is 0.357. The van der Waals surface area contributed by atoms with E-state index in [2.05, 4.69) is 65.3 Å². The smallest absolute Gasteiger partial charge is 0.341 e. The highest BCUT2D eigenvalue weighted by Crippen LogP contribution is 2.31. The number of esters is 1. The summed E-state index contributed by atoms with van der Waals surface area (Å²) in [6.07, 6.45) is 7.06. The summed E-state index contributed by atoms with van der Waals surface area (Å²) in [6.45, 7) is 4.16. The molecule has 1 aromatic heterocycles. The van der Waals surface area contributed by atoms with E-state index < -0.39 is 0 Å². The van der Waals surface area contributed by atoms with Crippen LogP contribution in [0.25, 0.3) is 0 Å². The summed E-state index contributed by atoms with van der Waals surface area (Å²) in [4.78, 5) is 19.0. The van der Waals surface area contributed by atoms with E-state index in [9.17, 15) is 4.79 Å². The molecule has 3 aromatic rings. The average molecular weight is 445 g/mol. The van der Waals surface area contributed by atoms with Gasteiger partial charge in [0, 0.05) is 25.5 Å². The van der Waals surface area contributed by atoms with Crippen LogP contribution in [-0.2, 0) is 9.47 Å². The third-order valence-corrected chi connectivity index (χ3v) is 6.06. The summed E-state index contributed by atoms with van der Waals surface area (Å²) in [7, 11) is 0. The molecule has 1 aliphatic heterocycles. The summed E-state index contributed by atoms with van der Waals surface area (Å²) >= 11 is 0. The molecule has 1 saturated heterocycles. The minimum absolute atomic E-state index is 0.0889. The van der Waals surface area contributed by atoms with Crippen LogP contribution in [0.4, 0.5) is 5.69 Å². The van der Waals surface area contributed by atoms with Crippen molar-refractivity contribution >= 4 is 11.7 Å². The van der Waals surface area contributed by atoms with Gasteiger partial charge in [-0.05, 0) is 36.5 Å². The van der Waals surface area contributed by atoms with Crippen LogP contribution in [0.3, 0.4) is 0 Å². The summed E-state index contributed by atoms with van der Waals surface area (Å²) in [6, 6.07) is 22.7. The van der Waals surface area contributed by atoms with E-state index >= 15 is 0 Å². The number of carbonyl (C=O) groups is 1. The van der Waals surface area contributed by atoms with Gasteiger partial charge in [0.2, 0.25) is 0 Å². The fourth-order valence-corrected chi connectivity index (χ4v) is 4.24. The van der Waals surface area contributed by atoms with Crippen molar-refractivity contribution in [1.29, 1.82) is 0 Å². The lowest BCUT2D eigenvalue weighted by molar-refractivity contribution is -0.00482. The number of piperidine rings is 1. The first kappa shape index (κ1) is 23.0. The van der Waals surface area contributed by atoms with Crippen LogP contribution < -0.4 is 4.90 Å². The van der Waals surface area contributed by atoms with Crippen LogP contribution in [0.1, 0.15) is 60.2 Å². The number of ether oxygens (including phenoxy) is 2. The van der Waals surface area contributed by atoms with Crippen LogP contribution in [-0.4, -0.2) is 36.8 Å². The maximum atomic E-state index is 12.6. The first-order valence-corrected chi connectivity index (χ1v) is 11.9. The van der Waals surface area contributed by atoms with Gasteiger partial charge in [0.25, 0.3) is 0 Å². The Morgan fingerprint density at radius 3 is 2.24 bits per heavy atom. The molecule has 0 amide bonds. The van der Waals surface area contributed by atoms with Gasteiger partial charge in [0.05, 0.1) is 18.4 Å². The van der Waals surface area contributed by atoms with Crippen molar-refractivity contribution in [3.63, 3.8) is 0 Å². The molecule has 0 saturated carbocycles. The molecular weight excluding hydrogens is 412 g/mol. The number of anilines is 1. The van der Waals surface area contributed by atoms with Crippen LogP contribution in [0.2, 0.25) is 0 Å². The van der Waals surface area contributed by atoms with Gasteiger partial charge in [-0.3, -0.25) is 4.98 Å². The Morgan fingerprint density at radius 2 is 1.64 bits per heavy atom. The molecular formula is C28H32N2O3. The molecule has 2 aromatic carbocycles. The molecule has 5 heteroatoms. The minimum atomic E-state index is -0.293. The fourth-order valence-electron chi connectivity index (χ4n) is 4.24. The second-order valence-electron chi connectivity index (χ2n) is 8.41. The lowest BCUT2D eigenvalue weighted by atomic mass is 10.00. The largest absolute Gasteiger partial charge is 0.462 e. The van der Waals surface area contributed by atoms with E-state index in [1.54, 1.807) is 12.4 Å². The average Bonchev–Trinajstić information content (AvgIpc) is 2.89. The lowest BCUT2D eigenvalue weighted by Crippen LogP contribution is -2.38. The van der Waals surface area contributed by atoms with Crippen molar-refractivity contribution in [1.82, 2.24) is 4.98 Å². The molecule has 1 aliphatic rings. The number of hydrogen-bond donors (Lipinski definition) is 0. The van der Waals surface area contributed by atoms with E-state index in [0.29, 0.717) is 12.2 Å². The second-order valence-corrected chi connectivity index (χ2v) is 8.41. The molecule has 2 heterocycles. The van der Waals surface area contributed by atoms with Crippen molar-refractivity contribution in [2.24, 2.45) is 0 Å². The zero-order valence-corrected chi connectivity index (χ0v) is 19.2. The third kappa shape index (κ3) is 5.99. The van der Waals surface area contributed by atoms with Gasteiger partial charge in [0.15, 0.2) is 0 Å². The SMILES string of the molecule is CCCCOC(=O)c1cnccc1N1CCC(OC(c2ccccc2)c2ccccc2)CC1. The summed E-state index contributed by atoms with van der Waals surface area (Å²) in [5, 5.41) is 0. The molecule has 0 radical (unpaired) electrons. The number of hydrogen-bond acceptors (Lipinski definition) is 5. The van der Waals surface area contributed by atoms with Crippen LogP contribution >= 0.6 is 0 Å². The number of aromatic nitrogens is 1. The van der Waals surface area contributed by atoms with E-state index in [0.717, 1.165) is 55.6 Å². The van der Waals surface area contributed by atoms with Gasteiger partial charge in [-0.15, -0.1) is 0 Å². The van der Waals surface area contributed by atoms with Crippen LogP contribution in [0.15, 0.2) is 79.1 Å². The number of carbonyl (C=O) groups excluding carboxylic acids is 1. The Balaban J connectivity index is 1.42. The normalized spacial score (nSPS) is 14.4. The van der Waals surface area contributed by atoms with Gasteiger partial charge in [0.1, 0.15) is 11.7 Å². The predicted octanol–water partition coefficient (Wildman–Crippen LogP) is 5.81. The van der Waals surface area contributed by atoms with Crippen molar-refractivity contribution in [3.05, 3.63) is 95.8 Å². The second kappa shape index (κ2) is 11.6. The number of benzene rings is 2. The van der Waals surface area contributed by atoms with E-state index in [-0.39, 0.29) is 18.2 Å². The Hall–Kier alpha value is -3.18. The first-order valence-electron chi connectivity index (χ1n) is 11.9. The summed E-state index contributed by atoms with van der Waals surface area (Å²) in [5.74, 6) is -0.293. The number of unbranched alkanes of at least 4 members (excludes halogenated alkanes) is 1. The molecule has 0 N–H and O–H groups in total. The molecule has 0 unspecified atom stereocenters. The maximum Gasteiger partial charge on any atom is 0.341 e. The van der Waals surface area contributed by atoms with Crippen molar-refractivity contribution in [2.45, 2.75) is 44.8 Å². The first-order chi connectivity index (χ1) is 16.3. The maximum absolute atomic E-state index is 12.6. The molecule has 172 valence electrons. The quantitative estimate of drug-likeness (QED) is 0.308. The molecule has 0 aliphatic carbocycles. The van der Waals surface area contributed by atoms with E-state index in [4.69, 9.17) is 9.47 Å². The van der Waals surface area contributed by atoms with Crippen molar-refractivity contribution < 1.29 is 14.3 Å². The van der Waals surface area contributed by atoms with Gasteiger partial charge in [-0.2, -0.15) is 0 Å². The Labute approximate surface area is 196 Å². The highest BCUT2D eigenvalue weighted by molar-refractivity contribution is 5.95. The molecule has 4 rings (SSSR count). The van der Waals surface area contributed by atoms with E-state index in [1.165, 1.54) is 0 Å². The highest BCUT2D eigenvalue weighted by Gasteiger charge is 2.27. The zero-order valence-electron chi connectivity index (χ0n) is 19.2. The van der Waals surface area contributed by atoms with Crippen molar-refractivity contribution in [2.75, 3.05) is 24.6 Å². The predicted molar refractivity (Wildman–Crippen MR) is 130 cm³/mol. The Kier molecular flexibility index (Phi) is 8.09. The van der Waals surface area contributed by atoms with Crippen LogP contribution in [0.5, 0.6) is 0 Å². The summed E-state index contributed by atoms with van der Waals surface area (Å²) in [5.41, 5.74) is 3.77. The Morgan fingerprint density at radius 1 is 1.00 bits per heavy atom. The van der Waals surface area contributed by atoms with Crippen molar-refractivity contribution in [3.8, 4) is 0 Å². The number of pyridine rings is 1. The lowest BCUT2D eigenvalue weighted by Gasteiger charge is -2.36. The van der Waals surface area contributed by atoms with Gasteiger partial charge in [-0.25, -0.2) is 4.79 Å². The molecule has 0 spiro atoms. The summed E-state index contributed by atoms with van der Waals surface area (Å²) < 4.78 is 12.1. The number of rotatable bonds is 9. The molecule has 33 heavy (non-hydrogen) atoms. The molecule has 0 bridgehead atoms. The van der Waals surface area contributed by atoms with Gasteiger partial charge >= 0.3 is 5.97 Å². The third-order valence-electron chi connectivity index (χ3n) is 6.06. The van der Waals surface area contributed by atoms with Gasteiger partial charge in [-0.1, -0.05) is 74.0 Å². The molecule has 5 nitrogen and oxygen atoms in total. The molecule has 1 fully saturated rings. The van der Waals surface area contributed by atoms with E-state index in [1.807, 2.05) is 18.2 Å². The minimum Gasteiger partial charge on any atom is -0.462 e. The Bertz CT molecular complexity index is 962. The highest BCUT2D eigenvalue weighted by atomic mass is 16.5. The standard InChI is InChI=1S/C28H32N2O3/c1-2-3-20-32-28(31)25-21-29-17-14-26(25)30-18-15-24(16-19-30)33-27(22-10-6-4-7-11-22)23-12-8-5-9-13-23/h4-14,17,21,24,27H,2-3,15-16,18-20H2,1H3. The topological polar surface area (TPSA) is 51.7 Å². The van der Waals surface area contributed by atoms with Crippen LogP contribution in [0, 0.1) is 0 Å².